The highest BCUT2D eigenvalue weighted by atomic mass is 32.3. The molecular weight excluding hydrogens is 570 g/mol. The normalized spacial score (nSPS) is 11.9. The molecule has 0 saturated carbocycles. The van der Waals surface area contributed by atoms with Gasteiger partial charge in [-0.1, -0.05) is 30.3 Å². The predicted molar refractivity (Wildman–Crippen MR) is 155 cm³/mol. The molecule has 0 amide bonds. The van der Waals surface area contributed by atoms with Gasteiger partial charge in [-0.25, -0.2) is 14.6 Å². The number of aliphatic hydroxyl groups excluding tert-OH is 2. The first-order chi connectivity index (χ1) is 19.7. The number of nitrogens with zero attached hydrogens (tertiary/aromatic N) is 1. The summed E-state index contributed by atoms with van der Waals surface area (Å²) in [5.41, 5.74) is 7.93. The third kappa shape index (κ3) is 9.43. The number of nitrogens with one attached hydrogen (secondary N) is 2. The van der Waals surface area contributed by atoms with Crippen LogP contribution in [0, 0.1) is 20.8 Å². The van der Waals surface area contributed by atoms with Crippen molar-refractivity contribution in [1.82, 2.24) is 9.72 Å². The minimum Gasteiger partial charge on any atom is -0.491 e. The highest BCUT2D eigenvalue weighted by Crippen LogP contribution is 2.34. The van der Waals surface area contributed by atoms with Crippen LogP contribution < -0.4 is 21.5 Å². The van der Waals surface area contributed by atoms with Crippen LogP contribution in [0.1, 0.15) is 27.8 Å². The Morgan fingerprint density at radius 2 is 1.64 bits per heavy atom. The van der Waals surface area contributed by atoms with Gasteiger partial charge in [0, 0.05) is 12.2 Å². The Morgan fingerprint density at radius 3 is 2.19 bits per heavy atom. The molecule has 1 aromatic heterocycles. The van der Waals surface area contributed by atoms with E-state index in [2.05, 4.69) is 29.4 Å². The molecule has 1 atom stereocenters. The topological polar surface area (TPSA) is 204 Å². The number of aromatic nitrogens is 2. The van der Waals surface area contributed by atoms with Crippen LogP contribution in [-0.2, 0) is 23.5 Å². The average molecular weight is 604 g/mol. The third-order valence-electron chi connectivity index (χ3n) is 6.27. The lowest BCUT2D eigenvalue weighted by Gasteiger charge is -2.18. The fourth-order valence-corrected chi connectivity index (χ4v) is 4.33. The van der Waals surface area contributed by atoms with Crippen LogP contribution in [0.25, 0.3) is 11.1 Å². The summed E-state index contributed by atoms with van der Waals surface area (Å²) in [7, 11) is -4.67. The van der Waals surface area contributed by atoms with Crippen molar-refractivity contribution in [2.75, 3.05) is 18.5 Å². The summed E-state index contributed by atoms with van der Waals surface area (Å²) in [6.07, 6.45) is -0.908. The Kier molecular flexibility index (Phi) is 10.9. The van der Waals surface area contributed by atoms with Crippen molar-refractivity contribution in [3.63, 3.8) is 0 Å². The second-order valence-electron chi connectivity index (χ2n) is 9.51. The first-order valence-corrected chi connectivity index (χ1v) is 14.1. The maximum Gasteiger partial charge on any atom is 0.440 e. The molecule has 226 valence electrons. The lowest BCUT2D eigenvalue weighted by molar-refractivity contribution is 0.0536. The molecule has 0 radical (unpaired) electrons. The predicted octanol–water partition coefficient (Wildman–Crippen LogP) is 2.46. The third-order valence-corrected chi connectivity index (χ3v) is 6.27. The number of anilines is 1. The number of aromatic amines is 1. The van der Waals surface area contributed by atoms with E-state index in [1.165, 1.54) is 5.56 Å². The highest BCUT2D eigenvalue weighted by Gasteiger charge is 2.14. The molecule has 42 heavy (non-hydrogen) atoms. The summed E-state index contributed by atoms with van der Waals surface area (Å²) in [6.45, 7) is 6.68. The van der Waals surface area contributed by atoms with E-state index >= 15 is 0 Å². The molecule has 0 bridgehead atoms. The molecule has 0 aliphatic heterocycles. The van der Waals surface area contributed by atoms with Gasteiger partial charge in [-0.3, -0.25) is 9.11 Å². The van der Waals surface area contributed by atoms with Gasteiger partial charge in [0.1, 0.15) is 18.5 Å². The number of ether oxygens (including phenoxy) is 1. The molecule has 0 aliphatic rings. The molecule has 14 heteroatoms. The van der Waals surface area contributed by atoms with E-state index in [4.69, 9.17) is 31.9 Å². The number of H-pyrrole nitrogens is 1. The number of hydrogen-bond donors (Lipinski definition) is 6. The van der Waals surface area contributed by atoms with Crippen molar-refractivity contribution >= 4 is 16.1 Å². The van der Waals surface area contributed by atoms with Gasteiger partial charge in [0.15, 0.2) is 0 Å². The van der Waals surface area contributed by atoms with E-state index in [1.54, 1.807) is 0 Å². The first kappa shape index (κ1) is 32.3. The van der Waals surface area contributed by atoms with Crippen LogP contribution >= 0.6 is 0 Å². The van der Waals surface area contributed by atoms with Crippen LogP contribution in [0.4, 0.5) is 5.69 Å². The van der Waals surface area contributed by atoms with Crippen molar-refractivity contribution in [2.45, 2.75) is 40.0 Å². The van der Waals surface area contributed by atoms with Crippen LogP contribution in [0.5, 0.6) is 5.75 Å². The van der Waals surface area contributed by atoms with Crippen molar-refractivity contribution in [3.8, 4) is 16.9 Å². The lowest BCUT2D eigenvalue weighted by Crippen LogP contribution is -2.21. The van der Waals surface area contributed by atoms with Gasteiger partial charge >= 0.3 is 21.8 Å². The molecule has 0 aliphatic carbocycles. The van der Waals surface area contributed by atoms with Crippen LogP contribution in [0.3, 0.4) is 0 Å². The molecule has 0 spiro atoms. The zero-order chi connectivity index (χ0) is 31.0. The van der Waals surface area contributed by atoms with Gasteiger partial charge in [0.05, 0.1) is 13.2 Å². The highest BCUT2D eigenvalue weighted by molar-refractivity contribution is 7.79. The molecule has 3 aromatic carbocycles. The average Bonchev–Trinajstić information content (AvgIpc) is 3.23. The molecule has 1 heterocycles. The Balaban J connectivity index is 0.000000892. The van der Waals surface area contributed by atoms with E-state index in [-0.39, 0.29) is 19.8 Å². The SMILES string of the molecule is Cc1cc(OC[C@@H](O)CO)cc(C)c1-c1cccc(CNc2ccc(Cn3oc(=O)[nH]c3=O)cc2)c1C.O=S(=O)(O)O. The number of aryl methyl sites for hydroxylation is 2. The van der Waals surface area contributed by atoms with Gasteiger partial charge in [0.25, 0.3) is 0 Å². The largest absolute Gasteiger partial charge is 0.491 e. The summed E-state index contributed by atoms with van der Waals surface area (Å²) in [4.78, 5) is 24.9. The second-order valence-corrected chi connectivity index (χ2v) is 10.4. The fourth-order valence-electron chi connectivity index (χ4n) is 4.33. The van der Waals surface area contributed by atoms with Crippen molar-refractivity contribution in [1.29, 1.82) is 0 Å². The molecule has 0 unspecified atom stereocenters. The van der Waals surface area contributed by atoms with E-state index in [9.17, 15) is 14.7 Å². The lowest BCUT2D eigenvalue weighted by atomic mass is 9.90. The van der Waals surface area contributed by atoms with Gasteiger partial charge in [-0.15, -0.1) is 4.74 Å². The monoisotopic (exact) mass is 603 g/mol. The Morgan fingerprint density at radius 1 is 1.02 bits per heavy atom. The molecule has 0 fully saturated rings. The quantitative estimate of drug-likeness (QED) is 0.145. The summed E-state index contributed by atoms with van der Waals surface area (Å²) in [5, 5.41) is 22.0. The van der Waals surface area contributed by atoms with Gasteiger partial charge in [-0.2, -0.15) is 8.42 Å². The zero-order valence-corrected chi connectivity index (χ0v) is 24.0. The Bertz CT molecular complexity index is 1690. The standard InChI is InChI=1S/C28H31N3O6.H2O4S/c1-17-11-24(36-16-23(33)15-32)12-18(2)26(17)25-6-4-5-21(19(25)3)13-29-22-9-7-20(8-10-22)14-31-27(34)30-28(35)37-31;1-5(2,3)4/h4-12,23,29,32-33H,13-16H2,1-3H3,(H,30,34,35);(H2,1,2,3,4)/t23-;/m0./s1. The first-order valence-electron chi connectivity index (χ1n) is 12.7. The molecule has 6 N–H and O–H groups in total. The summed E-state index contributed by atoms with van der Waals surface area (Å²) in [5.74, 6) is -0.109. The van der Waals surface area contributed by atoms with Gasteiger partial charge < -0.3 is 24.8 Å². The maximum atomic E-state index is 11.6. The van der Waals surface area contributed by atoms with Crippen molar-refractivity contribution in [3.05, 3.63) is 103 Å². The number of hydrogen-bond acceptors (Lipinski definition) is 9. The number of aliphatic hydroxyl groups is 2. The second kappa shape index (κ2) is 14.1. The molecular formula is C28H33N3O10S. The summed E-state index contributed by atoms with van der Waals surface area (Å²) >= 11 is 0. The van der Waals surface area contributed by atoms with E-state index in [0.717, 1.165) is 43.8 Å². The van der Waals surface area contributed by atoms with E-state index in [1.807, 2.05) is 56.3 Å². The van der Waals surface area contributed by atoms with Gasteiger partial charge in [-0.05, 0) is 84.0 Å². The molecule has 4 aromatic rings. The van der Waals surface area contributed by atoms with Crippen LogP contribution in [0.2, 0.25) is 0 Å². The minimum absolute atomic E-state index is 0.0386. The van der Waals surface area contributed by atoms with Gasteiger partial charge in [0.2, 0.25) is 0 Å². The molecule has 0 saturated heterocycles. The van der Waals surface area contributed by atoms with Crippen LogP contribution in [0.15, 0.2) is 68.7 Å². The van der Waals surface area contributed by atoms with E-state index in [0.29, 0.717) is 12.3 Å². The van der Waals surface area contributed by atoms with E-state index < -0.39 is 27.9 Å². The smallest absolute Gasteiger partial charge is 0.440 e. The molecule has 13 nitrogen and oxygen atoms in total. The van der Waals surface area contributed by atoms with Crippen LogP contribution in [-0.4, -0.2) is 56.8 Å². The summed E-state index contributed by atoms with van der Waals surface area (Å²) in [6, 6.07) is 17.7. The number of benzene rings is 3. The maximum absolute atomic E-state index is 11.6. The number of rotatable bonds is 10. The summed E-state index contributed by atoms with van der Waals surface area (Å²) < 4.78 is 43.0. The zero-order valence-electron chi connectivity index (χ0n) is 23.2. The Hall–Kier alpha value is -4.21. The minimum atomic E-state index is -4.67. The fraction of sp³-hybridized carbons (Fsp3) is 0.286. The Labute approximate surface area is 241 Å². The molecule has 4 rings (SSSR count). The van der Waals surface area contributed by atoms with Crippen molar-refractivity contribution in [2.24, 2.45) is 0 Å². The van der Waals surface area contributed by atoms with Crippen molar-refractivity contribution < 1.29 is 37.0 Å².